The fraction of sp³-hybridized carbons (Fsp3) is 0.667. The van der Waals surface area contributed by atoms with E-state index < -0.39 is 0 Å². The lowest BCUT2D eigenvalue weighted by atomic mass is 10.1. The van der Waals surface area contributed by atoms with Gasteiger partial charge in [0.2, 0.25) is 0 Å². The number of alkyl halides is 1. The molecular formula is C12H18ClN3O. The van der Waals surface area contributed by atoms with Crippen molar-refractivity contribution in [2.45, 2.75) is 31.7 Å². The summed E-state index contributed by atoms with van der Waals surface area (Å²) in [6.45, 7) is 4.72. The molecule has 1 fully saturated rings. The molecule has 1 saturated heterocycles. The number of halogens is 1. The maximum Gasteiger partial charge on any atom is 0.147 e. The van der Waals surface area contributed by atoms with E-state index in [1.807, 2.05) is 6.92 Å². The zero-order valence-corrected chi connectivity index (χ0v) is 10.9. The summed E-state index contributed by atoms with van der Waals surface area (Å²) in [4.78, 5) is 10.9. The normalized spacial score (nSPS) is 20.6. The second-order valence-electron chi connectivity index (χ2n) is 4.17. The molecule has 0 aliphatic carbocycles. The Morgan fingerprint density at radius 1 is 1.53 bits per heavy atom. The van der Waals surface area contributed by atoms with Crippen LogP contribution in [0.25, 0.3) is 0 Å². The maximum absolute atomic E-state index is 5.77. The summed E-state index contributed by atoms with van der Waals surface area (Å²) in [6, 6.07) is 0. The summed E-state index contributed by atoms with van der Waals surface area (Å²) in [5.41, 5.74) is 0.822. The van der Waals surface area contributed by atoms with Crippen LogP contribution in [0.15, 0.2) is 12.4 Å². The van der Waals surface area contributed by atoms with E-state index in [4.69, 9.17) is 16.3 Å². The minimum atomic E-state index is 0.315. The predicted molar refractivity (Wildman–Crippen MR) is 68.5 cm³/mol. The molecule has 1 aromatic heterocycles. The quantitative estimate of drug-likeness (QED) is 0.774. The topological polar surface area (TPSA) is 38.2 Å². The molecule has 2 heterocycles. The molecule has 2 rings (SSSR count). The average molecular weight is 256 g/mol. The molecule has 94 valence electrons. The van der Waals surface area contributed by atoms with Crippen LogP contribution in [-0.2, 0) is 10.6 Å². The number of nitrogens with zero attached hydrogens (tertiary/aromatic N) is 3. The zero-order valence-electron chi connectivity index (χ0n) is 10.1. The Morgan fingerprint density at radius 2 is 2.41 bits per heavy atom. The zero-order chi connectivity index (χ0) is 12.1. The number of hydrogen-bond acceptors (Lipinski definition) is 4. The number of anilines is 1. The van der Waals surface area contributed by atoms with Crippen molar-refractivity contribution in [2.24, 2.45) is 0 Å². The third-order valence-electron chi connectivity index (χ3n) is 2.91. The highest BCUT2D eigenvalue weighted by molar-refractivity contribution is 6.16. The first kappa shape index (κ1) is 12.6. The highest BCUT2D eigenvalue weighted by Crippen LogP contribution is 2.19. The van der Waals surface area contributed by atoms with Gasteiger partial charge in [0, 0.05) is 25.9 Å². The Kier molecular flexibility index (Phi) is 4.57. The number of ether oxygens (including phenoxy) is 1. The first-order chi connectivity index (χ1) is 8.33. The molecule has 0 N–H and O–H groups in total. The Balaban J connectivity index is 2.05. The lowest BCUT2D eigenvalue weighted by molar-refractivity contribution is 0.0525. The van der Waals surface area contributed by atoms with Crippen molar-refractivity contribution in [3.8, 4) is 0 Å². The van der Waals surface area contributed by atoms with Gasteiger partial charge in [-0.05, 0) is 19.8 Å². The Hall–Kier alpha value is -0.870. The van der Waals surface area contributed by atoms with E-state index in [9.17, 15) is 0 Å². The molecule has 1 unspecified atom stereocenters. The minimum Gasteiger partial charge on any atom is -0.377 e. The second-order valence-corrected chi connectivity index (χ2v) is 4.44. The number of hydrogen-bond donors (Lipinski definition) is 0. The second kappa shape index (κ2) is 6.17. The van der Waals surface area contributed by atoms with Gasteiger partial charge in [0.25, 0.3) is 0 Å². The van der Waals surface area contributed by atoms with Crippen molar-refractivity contribution < 1.29 is 4.74 Å². The average Bonchev–Trinajstić information content (AvgIpc) is 2.40. The molecule has 1 aliphatic heterocycles. The van der Waals surface area contributed by atoms with Gasteiger partial charge in [-0.25, -0.2) is 4.98 Å². The van der Waals surface area contributed by atoms with E-state index in [1.54, 1.807) is 12.4 Å². The maximum atomic E-state index is 5.77. The third-order valence-corrected chi connectivity index (χ3v) is 3.19. The molecule has 0 amide bonds. The van der Waals surface area contributed by atoms with Crippen LogP contribution in [0.2, 0.25) is 0 Å². The van der Waals surface area contributed by atoms with Crippen LogP contribution in [0.5, 0.6) is 0 Å². The van der Waals surface area contributed by atoms with Crippen LogP contribution in [0.3, 0.4) is 0 Å². The van der Waals surface area contributed by atoms with Gasteiger partial charge < -0.3 is 9.64 Å². The smallest absolute Gasteiger partial charge is 0.147 e. The van der Waals surface area contributed by atoms with Crippen molar-refractivity contribution >= 4 is 17.4 Å². The molecule has 0 aromatic carbocycles. The summed E-state index contributed by atoms with van der Waals surface area (Å²) >= 11 is 5.77. The number of piperidine rings is 1. The number of rotatable bonds is 4. The SMILES string of the molecule is CCOC1CCCN(c2cncc(CCl)n2)C1. The van der Waals surface area contributed by atoms with Gasteiger partial charge in [-0.2, -0.15) is 0 Å². The van der Waals surface area contributed by atoms with Crippen molar-refractivity contribution in [2.75, 3.05) is 24.6 Å². The van der Waals surface area contributed by atoms with Gasteiger partial charge in [-0.3, -0.25) is 4.98 Å². The van der Waals surface area contributed by atoms with E-state index in [2.05, 4.69) is 14.9 Å². The van der Waals surface area contributed by atoms with Crippen LogP contribution in [0.4, 0.5) is 5.82 Å². The monoisotopic (exact) mass is 255 g/mol. The molecule has 1 aromatic rings. The van der Waals surface area contributed by atoms with Crippen LogP contribution in [-0.4, -0.2) is 35.8 Å². The molecule has 4 nitrogen and oxygen atoms in total. The molecule has 1 atom stereocenters. The summed E-state index contributed by atoms with van der Waals surface area (Å²) in [5, 5.41) is 0. The predicted octanol–water partition coefficient (Wildman–Crippen LogP) is 2.22. The van der Waals surface area contributed by atoms with Gasteiger partial charge in [0.05, 0.1) is 23.9 Å². The fourth-order valence-electron chi connectivity index (χ4n) is 2.13. The van der Waals surface area contributed by atoms with E-state index in [-0.39, 0.29) is 0 Å². The van der Waals surface area contributed by atoms with Crippen LogP contribution >= 0.6 is 11.6 Å². The van der Waals surface area contributed by atoms with E-state index >= 15 is 0 Å². The Bertz CT molecular complexity index is 359. The van der Waals surface area contributed by atoms with E-state index in [1.165, 1.54) is 0 Å². The van der Waals surface area contributed by atoms with Crippen molar-refractivity contribution in [3.05, 3.63) is 18.1 Å². The molecule has 0 radical (unpaired) electrons. The summed E-state index contributed by atoms with van der Waals surface area (Å²) in [5.74, 6) is 1.32. The molecule has 0 saturated carbocycles. The summed E-state index contributed by atoms with van der Waals surface area (Å²) < 4.78 is 5.68. The van der Waals surface area contributed by atoms with Gasteiger partial charge >= 0.3 is 0 Å². The summed E-state index contributed by atoms with van der Waals surface area (Å²) in [6.07, 6.45) is 6.09. The Morgan fingerprint density at radius 3 is 3.18 bits per heavy atom. The first-order valence-corrected chi connectivity index (χ1v) is 6.60. The number of aromatic nitrogens is 2. The first-order valence-electron chi connectivity index (χ1n) is 6.07. The molecule has 5 heteroatoms. The Labute approximate surface area is 107 Å². The summed E-state index contributed by atoms with van der Waals surface area (Å²) in [7, 11) is 0. The van der Waals surface area contributed by atoms with Crippen LogP contribution in [0, 0.1) is 0 Å². The largest absolute Gasteiger partial charge is 0.377 e. The van der Waals surface area contributed by atoms with Gasteiger partial charge in [0.15, 0.2) is 0 Å². The van der Waals surface area contributed by atoms with Gasteiger partial charge in [0.1, 0.15) is 5.82 Å². The molecule has 0 bridgehead atoms. The van der Waals surface area contributed by atoms with Crippen LogP contribution in [0.1, 0.15) is 25.5 Å². The van der Waals surface area contributed by atoms with E-state index in [0.29, 0.717) is 12.0 Å². The highest BCUT2D eigenvalue weighted by Gasteiger charge is 2.21. The standard InChI is InChI=1S/C12H18ClN3O/c1-2-17-11-4-3-5-16(9-11)12-8-14-7-10(6-13)15-12/h7-8,11H,2-6,9H2,1H3. The molecular weight excluding hydrogens is 238 g/mol. The van der Waals surface area contributed by atoms with Crippen molar-refractivity contribution in [1.29, 1.82) is 0 Å². The van der Waals surface area contributed by atoms with Crippen molar-refractivity contribution in [1.82, 2.24) is 9.97 Å². The van der Waals surface area contributed by atoms with Gasteiger partial charge in [-0.15, -0.1) is 11.6 Å². The third kappa shape index (κ3) is 3.30. The van der Waals surface area contributed by atoms with Crippen LogP contribution < -0.4 is 4.90 Å². The molecule has 17 heavy (non-hydrogen) atoms. The highest BCUT2D eigenvalue weighted by atomic mass is 35.5. The molecule has 0 spiro atoms. The van der Waals surface area contributed by atoms with Crippen molar-refractivity contribution in [3.63, 3.8) is 0 Å². The minimum absolute atomic E-state index is 0.315. The lowest BCUT2D eigenvalue weighted by Gasteiger charge is -2.33. The molecule has 1 aliphatic rings. The van der Waals surface area contributed by atoms with E-state index in [0.717, 1.165) is 44.0 Å². The van der Waals surface area contributed by atoms with Gasteiger partial charge in [-0.1, -0.05) is 0 Å². The lowest BCUT2D eigenvalue weighted by Crippen LogP contribution is -2.40. The fourth-order valence-corrected chi connectivity index (χ4v) is 2.26.